The first kappa shape index (κ1) is 47.6. The summed E-state index contributed by atoms with van der Waals surface area (Å²) in [6.45, 7) is 3.64. The molecule has 2 aliphatic rings. The number of carbonyl (C=O) groups excluding carboxylic acids is 2. The fourth-order valence-corrected chi connectivity index (χ4v) is 8.56. The van der Waals surface area contributed by atoms with Gasteiger partial charge in [-0.15, -0.1) is 22.7 Å². The SMILES string of the molecule is CS(C)=O.CS(C)=O.Cc1cnc(NC(=O)C2=C([O-])c3ccccc3S(=O)(=O)N2C)s1.Cc1cnc(NC(=O)C2=C([O-])c3ccccc3S(=O)(=O)N2C)s1.[Cd+2]. The molecule has 2 N–H and O–H groups in total. The standard InChI is InChI=1S/2C14H13N3O4S2.2C2H6OS.Cd/c2*1-8-7-15-14(22-8)16-13(19)11-12(18)9-5-3-4-6-10(9)23(20,21)17(11)2;2*1-4(2)3;/h2*3-7,18H,1-2H3,(H,15,16,19);2*1-2H3;/q;;;;+2/p-2. The van der Waals surface area contributed by atoms with E-state index in [4.69, 9.17) is 0 Å². The van der Waals surface area contributed by atoms with Crippen molar-refractivity contribution in [2.24, 2.45) is 0 Å². The first-order chi connectivity index (χ1) is 25.1. The fraction of sp³-hybridized carbons (Fsp3) is 0.250. The Morgan fingerprint density at radius 2 is 0.945 bits per heavy atom. The van der Waals surface area contributed by atoms with Gasteiger partial charge in [-0.05, 0) is 37.1 Å². The third kappa shape index (κ3) is 11.7. The Labute approximate surface area is 352 Å². The summed E-state index contributed by atoms with van der Waals surface area (Å²) in [6.07, 6.45) is 9.70. The summed E-state index contributed by atoms with van der Waals surface area (Å²) in [5.74, 6) is -2.87. The molecule has 4 heterocycles. The molecule has 0 unspecified atom stereocenters. The second-order valence-electron chi connectivity index (χ2n) is 11.2. The van der Waals surface area contributed by atoms with E-state index in [9.17, 15) is 45.1 Å². The molecule has 0 fully saturated rings. The van der Waals surface area contributed by atoms with Gasteiger partial charge >= 0.3 is 27.3 Å². The Hall–Kier alpha value is -3.56. The summed E-state index contributed by atoms with van der Waals surface area (Å²) in [5, 5.41) is 30.6. The Kier molecular flexibility index (Phi) is 17.3. The molecule has 2 aromatic heterocycles. The maximum Gasteiger partial charge on any atom is 2.00 e. The summed E-state index contributed by atoms with van der Waals surface area (Å²) in [7, 11) is -6.73. The number of nitrogens with one attached hydrogen (secondary N) is 2. The molecule has 0 bridgehead atoms. The Balaban J connectivity index is 0.000000314. The monoisotopic (exact) mass is 970 g/mol. The quantitative estimate of drug-likeness (QED) is 0.277. The number of nitrogens with zero attached hydrogens (tertiary/aromatic N) is 4. The molecule has 0 saturated heterocycles. The minimum absolute atomic E-state index is 0. The van der Waals surface area contributed by atoms with Gasteiger partial charge in [-0.25, -0.2) is 26.8 Å². The van der Waals surface area contributed by atoms with Gasteiger partial charge in [-0.2, -0.15) is 0 Å². The molecule has 6 rings (SSSR count). The van der Waals surface area contributed by atoms with E-state index in [1.165, 1.54) is 73.2 Å². The predicted molar refractivity (Wildman–Crippen MR) is 208 cm³/mol. The molecule has 292 valence electrons. The Morgan fingerprint density at radius 1 is 0.655 bits per heavy atom. The van der Waals surface area contributed by atoms with Crippen molar-refractivity contribution in [3.8, 4) is 0 Å². The molecule has 55 heavy (non-hydrogen) atoms. The minimum atomic E-state index is -3.94. The number of aromatic nitrogens is 2. The van der Waals surface area contributed by atoms with E-state index in [0.29, 0.717) is 18.9 Å². The van der Waals surface area contributed by atoms with Crippen molar-refractivity contribution in [1.29, 1.82) is 0 Å². The summed E-state index contributed by atoms with van der Waals surface area (Å²) in [6, 6.07) is 11.6. The number of thiazole rings is 2. The zero-order valence-electron chi connectivity index (χ0n) is 30.8. The van der Waals surface area contributed by atoms with Crippen LogP contribution in [0.2, 0.25) is 0 Å². The van der Waals surface area contributed by atoms with Crippen LogP contribution < -0.4 is 20.8 Å². The number of hydrogen-bond donors (Lipinski definition) is 2. The van der Waals surface area contributed by atoms with Crippen LogP contribution in [0.25, 0.3) is 11.5 Å². The third-order valence-corrected chi connectivity index (χ3v) is 12.0. The van der Waals surface area contributed by atoms with E-state index in [-0.39, 0.29) is 48.2 Å². The second kappa shape index (κ2) is 20.0. The van der Waals surface area contributed by atoms with Crippen LogP contribution in [0.15, 0.2) is 82.1 Å². The van der Waals surface area contributed by atoms with Crippen molar-refractivity contribution >= 4 is 97.9 Å². The normalized spacial score (nSPS) is 14.8. The van der Waals surface area contributed by atoms with E-state index in [2.05, 4.69) is 20.6 Å². The Bertz CT molecular complexity index is 2220. The number of anilines is 2. The zero-order chi connectivity index (χ0) is 40.7. The average molecular weight is 969 g/mol. The fourth-order valence-electron chi connectivity index (χ4n) is 4.46. The van der Waals surface area contributed by atoms with Crippen molar-refractivity contribution in [3.05, 3.63) is 93.2 Å². The summed E-state index contributed by atoms with van der Waals surface area (Å²) in [5.41, 5.74) is -0.912. The number of benzene rings is 2. The number of aryl methyl sites for hydroxylation is 2. The Morgan fingerprint density at radius 3 is 1.22 bits per heavy atom. The van der Waals surface area contributed by atoms with Crippen LogP contribution in [0.3, 0.4) is 0 Å². The number of likely N-dealkylation sites (N-methyl/N-ethyl adjacent to an activating group) is 2. The largest absolute Gasteiger partial charge is 2.00 e. The molecule has 16 nitrogen and oxygen atoms in total. The number of amides is 2. The van der Waals surface area contributed by atoms with Gasteiger partial charge in [0.1, 0.15) is 11.4 Å². The van der Waals surface area contributed by atoms with Crippen molar-refractivity contribution in [1.82, 2.24) is 18.6 Å². The van der Waals surface area contributed by atoms with Crippen LogP contribution in [0.4, 0.5) is 10.3 Å². The van der Waals surface area contributed by atoms with Gasteiger partial charge in [0.25, 0.3) is 31.9 Å². The molecule has 4 aromatic rings. The minimum Gasteiger partial charge on any atom is -0.870 e. The molecule has 2 aromatic carbocycles. The number of hydrogen-bond acceptors (Lipinski definition) is 14. The van der Waals surface area contributed by atoms with Crippen molar-refractivity contribution in [3.63, 3.8) is 0 Å². The maximum atomic E-state index is 12.5. The summed E-state index contributed by atoms with van der Waals surface area (Å²) < 4.78 is 70.5. The predicted octanol–water partition coefficient (Wildman–Crippen LogP) is 1.49. The molecule has 2 amide bonds. The van der Waals surface area contributed by atoms with E-state index in [1.54, 1.807) is 49.5 Å². The molecule has 0 saturated carbocycles. The van der Waals surface area contributed by atoms with Crippen LogP contribution in [-0.4, -0.2) is 94.8 Å². The van der Waals surface area contributed by atoms with E-state index < -0.39 is 76.4 Å². The van der Waals surface area contributed by atoms with E-state index in [0.717, 1.165) is 9.75 Å². The molecular formula is C32H36CdN6O10S6. The number of carbonyl (C=O) groups is 2. The first-order valence-corrected chi connectivity index (χ1v) is 23.5. The first-order valence-electron chi connectivity index (χ1n) is 15.1. The molecule has 0 radical (unpaired) electrons. The van der Waals surface area contributed by atoms with Crippen LogP contribution in [0.1, 0.15) is 20.9 Å². The van der Waals surface area contributed by atoms with Gasteiger partial charge in [0.05, 0.1) is 9.79 Å². The van der Waals surface area contributed by atoms with Gasteiger partial charge in [0.15, 0.2) is 10.3 Å². The van der Waals surface area contributed by atoms with Gasteiger partial charge in [0.2, 0.25) is 0 Å². The summed E-state index contributed by atoms with van der Waals surface area (Å²) in [4.78, 5) is 34.3. The average Bonchev–Trinajstić information content (AvgIpc) is 3.69. The molecule has 0 spiro atoms. The third-order valence-electron chi connectivity index (χ3n) is 6.71. The number of rotatable bonds is 4. The van der Waals surface area contributed by atoms with Gasteiger partial charge < -0.3 is 10.2 Å². The van der Waals surface area contributed by atoms with Gasteiger partial charge in [-0.3, -0.25) is 37.3 Å². The zero-order valence-corrected chi connectivity index (χ0v) is 39.7. The smallest absolute Gasteiger partial charge is 0.870 e. The van der Waals surface area contributed by atoms with Gasteiger partial charge in [-0.1, -0.05) is 47.9 Å². The van der Waals surface area contributed by atoms with Gasteiger partial charge in [0, 0.05) is 82.9 Å². The topological polar surface area (TPSA) is 239 Å². The molecular weight excluding hydrogens is 933 g/mol. The van der Waals surface area contributed by atoms with Crippen molar-refractivity contribution in [2.75, 3.05) is 49.8 Å². The van der Waals surface area contributed by atoms with Crippen molar-refractivity contribution in [2.45, 2.75) is 23.6 Å². The van der Waals surface area contributed by atoms with Crippen molar-refractivity contribution < 1.29 is 72.4 Å². The van der Waals surface area contributed by atoms with E-state index in [1.807, 2.05) is 13.8 Å². The number of fused-ring (bicyclic) bond motifs is 2. The molecule has 23 heteroatoms. The number of sulfonamides is 2. The van der Waals surface area contributed by atoms with Crippen LogP contribution in [0, 0.1) is 13.8 Å². The van der Waals surface area contributed by atoms with Crippen LogP contribution in [0.5, 0.6) is 0 Å². The summed E-state index contributed by atoms with van der Waals surface area (Å²) >= 11 is 2.46. The molecule has 0 atom stereocenters. The van der Waals surface area contributed by atoms with Crippen LogP contribution >= 0.6 is 22.7 Å². The molecule has 0 aliphatic carbocycles. The molecule has 2 aliphatic heterocycles. The van der Waals surface area contributed by atoms with Crippen LogP contribution in [-0.2, 0) is 78.5 Å². The second-order valence-corrected chi connectivity index (χ2v) is 20.5. The van der Waals surface area contributed by atoms with E-state index >= 15 is 0 Å². The maximum absolute atomic E-state index is 12.5.